The molecule has 1 N–H and O–H groups in total. The van der Waals surface area contributed by atoms with Crippen molar-refractivity contribution in [3.63, 3.8) is 0 Å². The molecule has 0 amide bonds. The minimum atomic E-state index is 0.937. The molecule has 0 bridgehead atoms. The topological polar surface area (TPSA) is 37.8 Å². The van der Waals surface area contributed by atoms with Gasteiger partial charge in [0.25, 0.3) is 0 Å². The van der Waals surface area contributed by atoms with Gasteiger partial charge in [0.05, 0.1) is 0 Å². The lowest BCUT2D eigenvalue weighted by Gasteiger charge is -2.05. The second-order valence-corrected chi connectivity index (χ2v) is 4.51. The van der Waals surface area contributed by atoms with Gasteiger partial charge in [-0.2, -0.15) is 11.8 Å². The zero-order valence-corrected chi connectivity index (χ0v) is 10.3. The fraction of sp³-hybridized carbons (Fsp3) is 0.636. The average Bonchev–Trinajstić information content (AvgIpc) is 2.23. The molecule has 84 valence electrons. The summed E-state index contributed by atoms with van der Waals surface area (Å²) in [7, 11) is 0. The van der Waals surface area contributed by atoms with E-state index in [1.54, 1.807) is 6.33 Å². The molecule has 0 saturated heterocycles. The predicted molar refractivity (Wildman–Crippen MR) is 67.5 cm³/mol. The van der Waals surface area contributed by atoms with Gasteiger partial charge in [0.1, 0.15) is 12.1 Å². The molecule has 4 heteroatoms. The van der Waals surface area contributed by atoms with E-state index in [9.17, 15) is 0 Å². The number of rotatable bonds is 7. The van der Waals surface area contributed by atoms with Crippen molar-refractivity contribution in [2.24, 2.45) is 0 Å². The van der Waals surface area contributed by atoms with E-state index in [1.165, 1.54) is 25.0 Å². The summed E-state index contributed by atoms with van der Waals surface area (Å²) in [5, 5.41) is 3.30. The minimum absolute atomic E-state index is 0.937. The third kappa shape index (κ3) is 5.62. The molecule has 1 aromatic rings. The Hall–Kier alpha value is -0.770. The van der Waals surface area contributed by atoms with Crippen molar-refractivity contribution in [3.8, 4) is 0 Å². The molecule has 0 aromatic carbocycles. The van der Waals surface area contributed by atoms with Gasteiger partial charge in [-0.05, 0) is 31.8 Å². The van der Waals surface area contributed by atoms with E-state index in [0.29, 0.717) is 0 Å². The summed E-state index contributed by atoms with van der Waals surface area (Å²) < 4.78 is 0. The van der Waals surface area contributed by atoms with Crippen molar-refractivity contribution >= 4 is 17.6 Å². The van der Waals surface area contributed by atoms with Crippen LogP contribution in [0.15, 0.2) is 12.4 Å². The molecule has 0 aliphatic carbocycles. The van der Waals surface area contributed by atoms with Crippen LogP contribution in [0.4, 0.5) is 5.82 Å². The van der Waals surface area contributed by atoms with Crippen molar-refractivity contribution in [3.05, 3.63) is 18.1 Å². The normalized spacial score (nSPS) is 10.3. The Morgan fingerprint density at radius 3 is 2.87 bits per heavy atom. The minimum Gasteiger partial charge on any atom is -0.370 e. The Bertz CT molecular complexity index is 278. The van der Waals surface area contributed by atoms with Crippen molar-refractivity contribution < 1.29 is 0 Å². The highest BCUT2D eigenvalue weighted by Gasteiger charge is 1.94. The first-order valence-corrected chi connectivity index (χ1v) is 6.74. The van der Waals surface area contributed by atoms with Gasteiger partial charge in [-0.25, -0.2) is 9.97 Å². The number of aryl methyl sites for hydroxylation is 1. The lowest BCUT2D eigenvalue weighted by molar-refractivity contribution is 0.748. The van der Waals surface area contributed by atoms with Crippen LogP contribution in [0.3, 0.4) is 0 Å². The molecule has 0 aliphatic rings. The van der Waals surface area contributed by atoms with Gasteiger partial charge in [0.2, 0.25) is 0 Å². The third-order valence-electron chi connectivity index (χ3n) is 2.14. The van der Waals surface area contributed by atoms with Crippen molar-refractivity contribution in [1.29, 1.82) is 0 Å². The second kappa shape index (κ2) is 7.51. The van der Waals surface area contributed by atoms with Crippen LogP contribution in [0, 0.1) is 6.92 Å². The van der Waals surface area contributed by atoms with Crippen molar-refractivity contribution in [2.45, 2.75) is 26.2 Å². The van der Waals surface area contributed by atoms with E-state index in [0.717, 1.165) is 18.1 Å². The lowest BCUT2D eigenvalue weighted by Crippen LogP contribution is -2.03. The number of aromatic nitrogens is 2. The van der Waals surface area contributed by atoms with Crippen LogP contribution >= 0.6 is 11.8 Å². The Morgan fingerprint density at radius 1 is 1.27 bits per heavy atom. The predicted octanol–water partition coefficient (Wildman–Crippen LogP) is 2.73. The van der Waals surface area contributed by atoms with Gasteiger partial charge in [0.15, 0.2) is 0 Å². The fourth-order valence-corrected chi connectivity index (χ4v) is 1.81. The molecular weight excluding hydrogens is 206 g/mol. The van der Waals surface area contributed by atoms with Crippen molar-refractivity contribution in [2.75, 3.05) is 23.9 Å². The zero-order valence-electron chi connectivity index (χ0n) is 9.49. The summed E-state index contributed by atoms with van der Waals surface area (Å²) in [4.78, 5) is 8.20. The van der Waals surface area contributed by atoms with Crippen LogP contribution in [0.25, 0.3) is 0 Å². The molecule has 15 heavy (non-hydrogen) atoms. The summed E-state index contributed by atoms with van der Waals surface area (Å²) in [6.45, 7) is 2.98. The SMILES string of the molecule is CSCCCCCNc1cc(C)ncn1. The van der Waals surface area contributed by atoms with E-state index < -0.39 is 0 Å². The summed E-state index contributed by atoms with van der Waals surface area (Å²) in [6, 6.07) is 1.97. The quantitative estimate of drug-likeness (QED) is 0.724. The van der Waals surface area contributed by atoms with Crippen LogP contribution in [0.1, 0.15) is 25.0 Å². The molecule has 0 aliphatic heterocycles. The van der Waals surface area contributed by atoms with E-state index >= 15 is 0 Å². The molecule has 0 atom stereocenters. The van der Waals surface area contributed by atoms with Gasteiger partial charge in [-0.3, -0.25) is 0 Å². The number of hydrogen-bond donors (Lipinski definition) is 1. The molecular formula is C11H19N3S. The van der Waals surface area contributed by atoms with Crippen LogP contribution in [-0.2, 0) is 0 Å². The van der Waals surface area contributed by atoms with Crippen LogP contribution in [0.2, 0.25) is 0 Å². The standard InChI is InChI=1S/C11H19N3S/c1-10-8-11(14-9-13-10)12-6-4-3-5-7-15-2/h8-9H,3-7H2,1-2H3,(H,12,13,14). The summed E-state index contributed by atoms with van der Waals surface area (Å²) in [5.41, 5.74) is 1.01. The van der Waals surface area contributed by atoms with Gasteiger partial charge in [-0.1, -0.05) is 6.42 Å². The number of unbranched alkanes of at least 4 members (excludes halogenated alkanes) is 2. The molecule has 0 saturated carbocycles. The van der Waals surface area contributed by atoms with E-state index in [2.05, 4.69) is 21.5 Å². The van der Waals surface area contributed by atoms with Crippen LogP contribution in [0.5, 0.6) is 0 Å². The van der Waals surface area contributed by atoms with E-state index in [1.807, 2.05) is 24.8 Å². The monoisotopic (exact) mass is 225 g/mol. The van der Waals surface area contributed by atoms with E-state index in [-0.39, 0.29) is 0 Å². The Morgan fingerprint density at radius 2 is 2.13 bits per heavy atom. The van der Waals surface area contributed by atoms with Crippen LogP contribution in [-0.4, -0.2) is 28.5 Å². The Kier molecular flexibility index (Phi) is 6.16. The summed E-state index contributed by atoms with van der Waals surface area (Å²) in [6.07, 6.45) is 7.57. The largest absolute Gasteiger partial charge is 0.370 e. The molecule has 0 unspecified atom stereocenters. The second-order valence-electron chi connectivity index (χ2n) is 3.52. The molecule has 0 fully saturated rings. The Labute approximate surface area is 96.1 Å². The average molecular weight is 225 g/mol. The molecule has 0 spiro atoms. The number of thioether (sulfide) groups is 1. The molecule has 0 radical (unpaired) electrons. The van der Waals surface area contributed by atoms with Gasteiger partial charge in [0, 0.05) is 18.3 Å². The number of nitrogens with zero attached hydrogens (tertiary/aromatic N) is 2. The highest BCUT2D eigenvalue weighted by atomic mass is 32.2. The van der Waals surface area contributed by atoms with Gasteiger partial charge >= 0.3 is 0 Å². The van der Waals surface area contributed by atoms with Gasteiger partial charge in [-0.15, -0.1) is 0 Å². The zero-order chi connectivity index (χ0) is 10.9. The molecule has 3 nitrogen and oxygen atoms in total. The highest BCUT2D eigenvalue weighted by Crippen LogP contribution is 2.05. The highest BCUT2D eigenvalue weighted by molar-refractivity contribution is 7.98. The fourth-order valence-electron chi connectivity index (χ4n) is 1.32. The van der Waals surface area contributed by atoms with E-state index in [4.69, 9.17) is 0 Å². The molecule has 1 heterocycles. The summed E-state index contributed by atoms with van der Waals surface area (Å²) in [5.74, 6) is 2.21. The summed E-state index contributed by atoms with van der Waals surface area (Å²) >= 11 is 1.92. The number of nitrogens with one attached hydrogen (secondary N) is 1. The maximum absolute atomic E-state index is 4.15. The maximum Gasteiger partial charge on any atom is 0.129 e. The van der Waals surface area contributed by atoms with Gasteiger partial charge < -0.3 is 5.32 Å². The van der Waals surface area contributed by atoms with Crippen LogP contribution < -0.4 is 5.32 Å². The third-order valence-corrected chi connectivity index (χ3v) is 2.83. The first-order valence-electron chi connectivity index (χ1n) is 5.34. The first-order chi connectivity index (χ1) is 7.33. The smallest absolute Gasteiger partial charge is 0.129 e. The number of anilines is 1. The Balaban J connectivity index is 2.10. The maximum atomic E-state index is 4.15. The molecule has 1 rings (SSSR count). The first kappa shape index (κ1) is 12.3. The van der Waals surface area contributed by atoms with Crippen molar-refractivity contribution in [1.82, 2.24) is 9.97 Å². The lowest BCUT2D eigenvalue weighted by atomic mass is 10.2. The molecule has 1 aromatic heterocycles. The number of hydrogen-bond acceptors (Lipinski definition) is 4.